The first kappa shape index (κ1) is 16.2. The molecule has 124 valence electrons. The molecule has 0 amide bonds. The van der Waals surface area contributed by atoms with Gasteiger partial charge in [-0.1, -0.05) is 12.1 Å². The molecule has 0 fully saturated rings. The first-order valence-corrected chi connectivity index (χ1v) is 8.56. The second-order valence-electron chi connectivity index (χ2n) is 5.19. The van der Waals surface area contributed by atoms with Crippen LogP contribution < -0.4 is 4.72 Å². The van der Waals surface area contributed by atoms with Crippen LogP contribution >= 0.6 is 0 Å². The van der Waals surface area contributed by atoms with Gasteiger partial charge < -0.3 is 9.52 Å². The minimum Gasteiger partial charge on any atom is -0.480 e. The fourth-order valence-electron chi connectivity index (χ4n) is 2.12. The van der Waals surface area contributed by atoms with E-state index in [0.29, 0.717) is 22.6 Å². The molecular formula is C16H14N2O5S. The van der Waals surface area contributed by atoms with E-state index in [1.165, 1.54) is 19.1 Å². The molecule has 0 aliphatic rings. The van der Waals surface area contributed by atoms with Gasteiger partial charge in [-0.05, 0) is 43.3 Å². The van der Waals surface area contributed by atoms with Gasteiger partial charge in [-0.15, -0.1) is 0 Å². The number of nitrogens with one attached hydrogen (secondary N) is 1. The highest BCUT2D eigenvalue weighted by atomic mass is 32.2. The smallest absolute Gasteiger partial charge is 0.321 e. The third-order valence-corrected chi connectivity index (χ3v) is 4.96. The molecule has 8 heteroatoms. The van der Waals surface area contributed by atoms with Crippen LogP contribution in [0.25, 0.3) is 22.6 Å². The Kier molecular flexibility index (Phi) is 4.08. The molecule has 3 aromatic rings. The number of rotatable bonds is 5. The van der Waals surface area contributed by atoms with Crippen LogP contribution in [-0.4, -0.2) is 30.5 Å². The predicted molar refractivity (Wildman–Crippen MR) is 86.9 cm³/mol. The Balaban J connectivity index is 1.89. The highest BCUT2D eigenvalue weighted by Crippen LogP contribution is 2.25. The van der Waals surface area contributed by atoms with Crippen LogP contribution in [-0.2, 0) is 14.8 Å². The Morgan fingerprint density at radius 2 is 1.83 bits per heavy atom. The quantitative estimate of drug-likeness (QED) is 0.733. The molecule has 0 saturated heterocycles. The number of aliphatic carboxylic acids is 1. The highest BCUT2D eigenvalue weighted by molar-refractivity contribution is 7.89. The second kappa shape index (κ2) is 6.06. The molecule has 1 atom stereocenters. The monoisotopic (exact) mass is 346 g/mol. The highest BCUT2D eigenvalue weighted by Gasteiger charge is 2.21. The van der Waals surface area contributed by atoms with Gasteiger partial charge in [0, 0.05) is 5.56 Å². The molecule has 7 nitrogen and oxygen atoms in total. The molecule has 0 aliphatic carbocycles. The van der Waals surface area contributed by atoms with E-state index in [9.17, 15) is 13.2 Å². The third-order valence-electron chi connectivity index (χ3n) is 3.41. The van der Waals surface area contributed by atoms with Crippen LogP contribution in [0.1, 0.15) is 6.92 Å². The van der Waals surface area contributed by atoms with E-state index < -0.39 is 22.0 Å². The van der Waals surface area contributed by atoms with Gasteiger partial charge in [0.2, 0.25) is 15.9 Å². The summed E-state index contributed by atoms with van der Waals surface area (Å²) in [5, 5.41) is 8.81. The van der Waals surface area contributed by atoms with Crippen molar-refractivity contribution in [2.45, 2.75) is 17.9 Å². The first-order valence-electron chi connectivity index (χ1n) is 7.08. The van der Waals surface area contributed by atoms with Gasteiger partial charge in [-0.2, -0.15) is 4.72 Å². The second-order valence-corrected chi connectivity index (χ2v) is 6.91. The molecule has 2 aromatic carbocycles. The van der Waals surface area contributed by atoms with Crippen molar-refractivity contribution in [2.24, 2.45) is 0 Å². The van der Waals surface area contributed by atoms with Gasteiger partial charge in [-0.25, -0.2) is 13.4 Å². The molecule has 0 radical (unpaired) electrons. The summed E-state index contributed by atoms with van der Waals surface area (Å²) in [6.07, 6.45) is 0. The standard InChI is InChI=1S/C16H14N2O5S/c1-10(16(19)20)18-24(21,22)12-8-6-11(7-9-12)15-17-13-4-2-3-5-14(13)23-15/h2-10,18H,1H3,(H,19,20)/t10-/m1/s1. The van der Waals surface area contributed by atoms with Crippen LogP contribution in [0.15, 0.2) is 57.8 Å². The van der Waals surface area contributed by atoms with E-state index in [0.717, 1.165) is 0 Å². The maximum absolute atomic E-state index is 12.1. The summed E-state index contributed by atoms with van der Waals surface area (Å²) in [6.45, 7) is 1.26. The zero-order valence-corrected chi connectivity index (χ0v) is 13.4. The fraction of sp³-hybridized carbons (Fsp3) is 0.125. The molecule has 2 N–H and O–H groups in total. The average molecular weight is 346 g/mol. The lowest BCUT2D eigenvalue weighted by atomic mass is 10.2. The normalized spacial score (nSPS) is 13.0. The predicted octanol–water partition coefficient (Wildman–Crippen LogP) is 2.25. The zero-order valence-electron chi connectivity index (χ0n) is 12.6. The number of aromatic nitrogens is 1. The molecular weight excluding hydrogens is 332 g/mol. The van der Waals surface area contributed by atoms with Crippen molar-refractivity contribution in [3.05, 3.63) is 48.5 Å². The Morgan fingerprint density at radius 1 is 1.17 bits per heavy atom. The van der Waals surface area contributed by atoms with Crippen LogP contribution in [0.3, 0.4) is 0 Å². The maximum Gasteiger partial charge on any atom is 0.321 e. The van der Waals surface area contributed by atoms with Gasteiger partial charge >= 0.3 is 5.97 Å². The third kappa shape index (κ3) is 3.15. The van der Waals surface area contributed by atoms with E-state index in [1.54, 1.807) is 18.2 Å². The van der Waals surface area contributed by atoms with E-state index in [1.807, 2.05) is 18.2 Å². The number of nitrogens with zero attached hydrogens (tertiary/aromatic N) is 1. The minimum atomic E-state index is -3.91. The summed E-state index contributed by atoms with van der Waals surface area (Å²) in [6, 6.07) is 12.0. The molecule has 0 saturated carbocycles. The summed E-state index contributed by atoms with van der Waals surface area (Å²) < 4.78 is 32.0. The van der Waals surface area contributed by atoms with Gasteiger partial charge in [0.15, 0.2) is 5.58 Å². The lowest BCUT2D eigenvalue weighted by molar-refractivity contribution is -0.138. The van der Waals surface area contributed by atoms with Crippen molar-refractivity contribution in [1.29, 1.82) is 0 Å². The Bertz CT molecular complexity index is 960. The molecule has 3 rings (SSSR count). The molecule has 0 aliphatic heterocycles. The van der Waals surface area contributed by atoms with Gasteiger partial charge in [-0.3, -0.25) is 4.79 Å². The van der Waals surface area contributed by atoms with E-state index in [4.69, 9.17) is 9.52 Å². The van der Waals surface area contributed by atoms with Crippen molar-refractivity contribution in [3.8, 4) is 11.5 Å². The summed E-state index contributed by atoms with van der Waals surface area (Å²) >= 11 is 0. The Morgan fingerprint density at radius 3 is 2.46 bits per heavy atom. The van der Waals surface area contributed by atoms with Crippen molar-refractivity contribution in [3.63, 3.8) is 0 Å². The van der Waals surface area contributed by atoms with E-state index in [2.05, 4.69) is 9.71 Å². The first-order chi connectivity index (χ1) is 11.4. The van der Waals surface area contributed by atoms with Crippen molar-refractivity contribution < 1.29 is 22.7 Å². The van der Waals surface area contributed by atoms with Crippen molar-refractivity contribution in [1.82, 2.24) is 9.71 Å². The molecule has 0 unspecified atom stereocenters. The zero-order chi connectivity index (χ0) is 17.3. The van der Waals surface area contributed by atoms with Crippen molar-refractivity contribution in [2.75, 3.05) is 0 Å². The lowest BCUT2D eigenvalue weighted by Gasteiger charge is -2.10. The van der Waals surface area contributed by atoms with E-state index in [-0.39, 0.29) is 4.90 Å². The SMILES string of the molecule is C[C@@H](NS(=O)(=O)c1ccc(-c2nc3ccccc3o2)cc1)C(=O)O. The number of para-hydroxylation sites is 2. The number of benzene rings is 2. The molecule has 1 aromatic heterocycles. The number of carboxylic acid groups (broad SMARTS) is 1. The number of oxazole rings is 1. The molecule has 24 heavy (non-hydrogen) atoms. The van der Waals surface area contributed by atoms with Crippen LogP contribution in [0.4, 0.5) is 0 Å². The summed E-state index contributed by atoms with van der Waals surface area (Å²) in [4.78, 5) is 15.1. The summed E-state index contributed by atoms with van der Waals surface area (Å²) in [5.41, 5.74) is 1.97. The summed E-state index contributed by atoms with van der Waals surface area (Å²) in [7, 11) is -3.91. The van der Waals surface area contributed by atoms with Crippen LogP contribution in [0.5, 0.6) is 0 Å². The number of hydrogen-bond donors (Lipinski definition) is 2. The largest absolute Gasteiger partial charge is 0.480 e. The fourth-order valence-corrected chi connectivity index (χ4v) is 3.32. The molecule has 0 spiro atoms. The number of sulfonamides is 1. The number of carboxylic acids is 1. The van der Waals surface area contributed by atoms with Gasteiger partial charge in [0.05, 0.1) is 4.90 Å². The van der Waals surface area contributed by atoms with Gasteiger partial charge in [0.1, 0.15) is 11.6 Å². The molecule has 1 heterocycles. The van der Waals surface area contributed by atoms with Crippen LogP contribution in [0, 0.1) is 0 Å². The number of hydrogen-bond acceptors (Lipinski definition) is 5. The van der Waals surface area contributed by atoms with Crippen LogP contribution in [0.2, 0.25) is 0 Å². The topological polar surface area (TPSA) is 110 Å². The Hall–Kier alpha value is -2.71. The Labute approximate surface area is 138 Å². The minimum absolute atomic E-state index is 0.0320. The number of fused-ring (bicyclic) bond motifs is 1. The summed E-state index contributed by atoms with van der Waals surface area (Å²) in [5.74, 6) is -0.867. The van der Waals surface area contributed by atoms with Gasteiger partial charge in [0.25, 0.3) is 0 Å². The van der Waals surface area contributed by atoms with E-state index >= 15 is 0 Å². The lowest BCUT2D eigenvalue weighted by Crippen LogP contribution is -2.38. The van der Waals surface area contributed by atoms with Crippen molar-refractivity contribution >= 4 is 27.1 Å². The maximum atomic E-state index is 12.1. The molecule has 0 bridgehead atoms. The number of carbonyl (C=O) groups is 1. The average Bonchev–Trinajstić information content (AvgIpc) is 2.98.